The molecule has 0 aromatic heterocycles. The third-order valence-corrected chi connectivity index (χ3v) is 1.47. The molecule has 0 rings (SSSR count). The van der Waals surface area contributed by atoms with Gasteiger partial charge in [-0.05, 0) is 19.4 Å². The van der Waals surface area contributed by atoms with Crippen LogP contribution in [-0.4, -0.2) is 5.75 Å². The number of allylic oxidation sites excluding steroid dienone is 4. The van der Waals surface area contributed by atoms with Gasteiger partial charge in [-0.3, -0.25) is 0 Å². The van der Waals surface area contributed by atoms with Gasteiger partial charge in [0.25, 0.3) is 0 Å². The topological polar surface area (TPSA) is 0 Å². The van der Waals surface area contributed by atoms with Crippen molar-refractivity contribution in [3.05, 3.63) is 36.0 Å². The summed E-state index contributed by atoms with van der Waals surface area (Å²) < 4.78 is 0. The zero-order valence-corrected chi connectivity index (χ0v) is 7.49. The molecule has 0 aliphatic carbocycles. The molecule has 0 aliphatic rings. The predicted molar refractivity (Wildman–Crippen MR) is 51.6 cm³/mol. The maximum absolute atomic E-state index is 4.09. The van der Waals surface area contributed by atoms with Crippen LogP contribution < -0.4 is 0 Å². The van der Waals surface area contributed by atoms with E-state index in [0.717, 1.165) is 11.3 Å². The molecule has 0 aromatic carbocycles. The molecular weight excluding hydrogens is 140 g/mol. The van der Waals surface area contributed by atoms with Crippen molar-refractivity contribution in [3.63, 3.8) is 0 Å². The van der Waals surface area contributed by atoms with Crippen LogP contribution in [-0.2, 0) is 0 Å². The lowest BCUT2D eigenvalue weighted by atomic mass is 10.2. The maximum atomic E-state index is 4.09. The number of hydrogen-bond acceptors (Lipinski definition) is 1. The molecule has 0 aliphatic heterocycles. The average molecular weight is 154 g/mol. The van der Waals surface area contributed by atoms with Crippen molar-refractivity contribution in [2.24, 2.45) is 0 Å². The summed E-state index contributed by atoms with van der Waals surface area (Å²) in [6.45, 7) is 7.86. The molecule has 0 aromatic rings. The van der Waals surface area contributed by atoms with Gasteiger partial charge in [0, 0.05) is 5.75 Å². The minimum atomic E-state index is 0.731. The first-order valence-electron chi connectivity index (χ1n) is 3.30. The fourth-order valence-corrected chi connectivity index (χ4v) is 0.770. The molecule has 10 heavy (non-hydrogen) atoms. The lowest BCUT2D eigenvalue weighted by Gasteiger charge is -1.93. The Labute approximate surface area is 68.7 Å². The van der Waals surface area contributed by atoms with E-state index in [1.165, 1.54) is 5.57 Å². The Kier molecular flexibility index (Phi) is 5.13. The molecule has 0 saturated carbocycles. The second-order valence-corrected chi connectivity index (χ2v) is 2.52. The van der Waals surface area contributed by atoms with Crippen LogP contribution in [0.15, 0.2) is 36.0 Å². The van der Waals surface area contributed by atoms with E-state index in [1.54, 1.807) is 0 Å². The highest BCUT2D eigenvalue weighted by Gasteiger charge is 1.84. The minimum Gasteiger partial charge on any atom is -0.175 e. The Bertz CT molecular complexity index is 164. The minimum absolute atomic E-state index is 0.731. The van der Waals surface area contributed by atoms with Gasteiger partial charge < -0.3 is 0 Å². The zero-order chi connectivity index (χ0) is 7.98. The highest BCUT2D eigenvalue weighted by molar-refractivity contribution is 7.80. The molecule has 0 N–H and O–H groups in total. The van der Waals surface area contributed by atoms with Gasteiger partial charge in [0.15, 0.2) is 0 Å². The van der Waals surface area contributed by atoms with Crippen LogP contribution >= 0.6 is 12.6 Å². The fraction of sp³-hybridized carbons (Fsp3) is 0.333. The summed E-state index contributed by atoms with van der Waals surface area (Å²) in [7, 11) is 0. The first kappa shape index (κ1) is 9.57. The molecule has 0 unspecified atom stereocenters. The van der Waals surface area contributed by atoms with Gasteiger partial charge in [0.05, 0.1) is 0 Å². The van der Waals surface area contributed by atoms with E-state index in [9.17, 15) is 0 Å². The molecular formula is C9H14S. The SMILES string of the molecule is C=C(/C=C(C)\C=C\C)CS. The van der Waals surface area contributed by atoms with Gasteiger partial charge in [-0.15, -0.1) is 0 Å². The summed E-state index contributed by atoms with van der Waals surface area (Å²) in [5, 5.41) is 0. The molecule has 0 nitrogen and oxygen atoms in total. The van der Waals surface area contributed by atoms with Crippen molar-refractivity contribution in [1.82, 2.24) is 0 Å². The van der Waals surface area contributed by atoms with Gasteiger partial charge >= 0.3 is 0 Å². The molecule has 56 valence electrons. The smallest absolute Gasteiger partial charge is 0.0148 e. The predicted octanol–water partition coefficient (Wildman–Crippen LogP) is 2.99. The Morgan fingerprint density at radius 1 is 1.60 bits per heavy atom. The molecule has 0 atom stereocenters. The van der Waals surface area contributed by atoms with Crippen molar-refractivity contribution < 1.29 is 0 Å². The second kappa shape index (κ2) is 5.36. The molecule has 0 amide bonds. The van der Waals surface area contributed by atoms with E-state index in [4.69, 9.17) is 0 Å². The van der Waals surface area contributed by atoms with Crippen molar-refractivity contribution >= 4 is 12.6 Å². The lowest BCUT2D eigenvalue weighted by Crippen LogP contribution is -1.77. The van der Waals surface area contributed by atoms with Crippen molar-refractivity contribution in [2.75, 3.05) is 5.75 Å². The Balaban J connectivity index is 4.02. The third kappa shape index (κ3) is 4.45. The highest BCUT2D eigenvalue weighted by atomic mass is 32.1. The zero-order valence-electron chi connectivity index (χ0n) is 6.59. The van der Waals surface area contributed by atoms with Gasteiger partial charge in [-0.2, -0.15) is 12.6 Å². The molecule has 0 radical (unpaired) electrons. The molecule has 0 heterocycles. The highest BCUT2D eigenvalue weighted by Crippen LogP contribution is 2.02. The van der Waals surface area contributed by atoms with E-state index in [1.807, 2.05) is 19.1 Å². The van der Waals surface area contributed by atoms with E-state index in [2.05, 4.69) is 32.2 Å². The molecule has 0 bridgehead atoms. The average Bonchev–Trinajstić information content (AvgIpc) is 1.88. The van der Waals surface area contributed by atoms with Crippen LogP contribution in [0.25, 0.3) is 0 Å². The monoisotopic (exact) mass is 154 g/mol. The van der Waals surface area contributed by atoms with Crippen LogP contribution in [0.4, 0.5) is 0 Å². The van der Waals surface area contributed by atoms with E-state index >= 15 is 0 Å². The summed E-state index contributed by atoms with van der Waals surface area (Å²) in [6, 6.07) is 0. The molecule has 0 fully saturated rings. The normalized spacial score (nSPS) is 12.5. The first-order chi connectivity index (χ1) is 4.70. The van der Waals surface area contributed by atoms with Crippen molar-refractivity contribution in [1.29, 1.82) is 0 Å². The molecule has 0 saturated heterocycles. The number of thiol groups is 1. The largest absolute Gasteiger partial charge is 0.175 e. The molecule has 0 spiro atoms. The van der Waals surface area contributed by atoms with Crippen LogP contribution in [0.3, 0.4) is 0 Å². The van der Waals surface area contributed by atoms with Crippen LogP contribution in [0, 0.1) is 0 Å². The summed E-state index contributed by atoms with van der Waals surface area (Å²) >= 11 is 4.09. The van der Waals surface area contributed by atoms with Crippen molar-refractivity contribution in [2.45, 2.75) is 13.8 Å². The first-order valence-corrected chi connectivity index (χ1v) is 3.93. The Morgan fingerprint density at radius 2 is 2.20 bits per heavy atom. The number of hydrogen-bond donors (Lipinski definition) is 1. The molecule has 1 heteroatoms. The quantitative estimate of drug-likeness (QED) is 0.469. The summed E-state index contributed by atoms with van der Waals surface area (Å²) in [6.07, 6.45) is 6.10. The van der Waals surface area contributed by atoms with E-state index in [0.29, 0.717) is 0 Å². The van der Waals surface area contributed by atoms with Crippen LogP contribution in [0.2, 0.25) is 0 Å². The van der Waals surface area contributed by atoms with E-state index < -0.39 is 0 Å². The number of rotatable bonds is 3. The third-order valence-electron chi connectivity index (χ3n) is 1.06. The van der Waals surface area contributed by atoms with Gasteiger partial charge in [0.2, 0.25) is 0 Å². The maximum Gasteiger partial charge on any atom is 0.0148 e. The summed E-state index contributed by atoms with van der Waals surface area (Å²) in [4.78, 5) is 0. The summed E-state index contributed by atoms with van der Waals surface area (Å²) in [5.74, 6) is 0.731. The Morgan fingerprint density at radius 3 is 2.60 bits per heavy atom. The van der Waals surface area contributed by atoms with E-state index in [-0.39, 0.29) is 0 Å². The van der Waals surface area contributed by atoms with Crippen LogP contribution in [0.5, 0.6) is 0 Å². The van der Waals surface area contributed by atoms with Crippen LogP contribution in [0.1, 0.15) is 13.8 Å². The Hall–Kier alpha value is -0.430. The van der Waals surface area contributed by atoms with Gasteiger partial charge in [0.1, 0.15) is 0 Å². The van der Waals surface area contributed by atoms with Gasteiger partial charge in [-0.1, -0.05) is 30.4 Å². The van der Waals surface area contributed by atoms with Crippen molar-refractivity contribution in [3.8, 4) is 0 Å². The summed E-state index contributed by atoms with van der Waals surface area (Å²) in [5.41, 5.74) is 2.28. The second-order valence-electron chi connectivity index (χ2n) is 2.20. The fourth-order valence-electron chi connectivity index (χ4n) is 0.679. The standard InChI is InChI=1S/C9H14S/c1-4-5-8(2)6-9(3)7-10/h4-6,10H,3,7H2,1-2H3/b5-4+,8-6-. The van der Waals surface area contributed by atoms with Gasteiger partial charge in [-0.25, -0.2) is 0 Å². The lowest BCUT2D eigenvalue weighted by molar-refractivity contribution is 1.45.